The molecule has 0 saturated carbocycles. The fourth-order valence-electron chi connectivity index (χ4n) is 1.89. The lowest BCUT2D eigenvalue weighted by atomic mass is 10.2. The molecule has 130 valence electrons. The quantitative estimate of drug-likeness (QED) is 0.481. The molecule has 0 aliphatic heterocycles. The Morgan fingerprint density at radius 1 is 1.24 bits per heavy atom. The minimum atomic E-state index is -1.16. The number of carbonyl (C=O) groups excluding carboxylic acids is 2. The number of nitrogens with one attached hydrogen (secondary N) is 1. The topological polar surface area (TPSA) is 98.5 Å². The van der Waals surface area contributed by atoms with Crippen molar-refractivity contribution in [3.63, 3.8) is 0 Å². The van der Waals surface area contributed by atoms with Gasteiger partial charge >= 0.3 is 11.7 Å². The van der Waals surface area contributed by atoms with E-state index in [1.54, 1.807) is 24.3 Å². The summed E-state index contributed by atoms with van der Waals surface area (Å²) in [7, 11) is 0. The molecule has 0 bridgehead atoms. The van der Waals surface area contributed by atoms with E-state index >= 15 is 0 Å². The second-order valence-electron chi connectivity index (χ2n) is 4.87. The molecule has 0 aliphatic carbocycles. The Morgan fingerprint density at radius 3 is 2.56 bits per heavy atom. The van der Waals surface area contributed by atoms with Crippen molar-refractivity contribution in [1.29, 1.82) is 0 Å². The SMILES string of the molecule is O=C(CNC(=O)c1cc([N+](=O)[O-])c(F)cc1Cl)OCc1ccccc1. The number of amides is 1. The van der Waals surface area contributed by atoms with Gasteiger partial charge in [-0.1, -0.05) is 41.9 Å². The molecule has 1 amide bonds. The summed E-state index contributed by atoms with van der Waals surface area (Å²) in [6.45, 7) is -0.425. The van der Waals surface area contributed by atoms with E-state index in [4.69, 9.17) is 16.3 Å². The first kappa shape index (κ1) is 18.3. The first-order valence-corrected chi connectivity index (χ1v) is 7.37. The van der Waals surface area contributed by atoms with Crippen molar-refractivity contribution >= 4 is 29.2 Å². The average molecular weight is 367 g/mol. The van der Waals surface area contributed by atoms with Crippen LogP contribution in [0.5, 0.6) is 0 Å². The molecule has 2 aromatic rings. The molecule has 0 aliphatic rings. The second kappa shape index (κ2) is 8.20. The zero-order valence-corrected chi connectivity index (χ0v) is 13.5. The fourth-order valence-corrected chi connectivity index (χ4v) is 2.12. The summed E-state index contributed by atoms with van der Waals surface area (Å²) in [6, 6.07) is 10.3. The molecule has 0 aromatic heterocycles. The van der Waals surface area contributed by atoms with Gasteiger partial charge in [0.1, 0.15) is 13.2 Å². The van der Waals surface area contributed by atoms with E-state index in [9.17, 15) is 24.1 Å². The highest BCUT2D eigenvalue weighted by Gasteiger charge is 2.21. The van der Waals surface area contributed by atoms with Gasteiger partial charge in [-0.3, -0.25) is 19.7 Å². The predicted molar refractivity (Wildman–Crippen MR) is 86.6 cm³/mol. The number of hydrogen-bond donors (Lipinski definition) is 1. The van der Waals surface area contributed by atoms with Crippen LogP contribution in [0.1, 0.15) is 15.9 Å². The molecule has 7 nitrogen and oxygen atoms in total. The second-order valence-corrected chi connectivity index (χ2v) is 5.28. The van der Waals surface area contributed by atoms with Crippen LogP contribution in [-0.2, 0) is 16.1 Å². The normalized spacial score (nSPS) is 10.2. The average Bonchev–Trinajstić information content (AvgIpc) is 2.58. The van der Waals surface area contributed by atoms with E-state index in [1.165, 1.54) is 0 Å². The Morgan fingerprint density at radius 2 is 1.92 bits per heavy atom. The van der Waals surface area contributed by atoms with Crippen LogP contribution in [0.3, 0.4) is 0 Å². The minimum absolute atomic E-state index is 0.0400. The van der Waals surface area contributed by atoms with Gasteiger partial charge in [-0.15, -0.1) is 0 Å². The highest BCUT2D eigenvalue weighted by molar-refractivity contribution is 6.34. The Bertz CT molecular complexity index is 814. The van der Waals surface area contributed by atoms with Gasteiger partial charge in [-0.25, -0.2) is 0 Å². The first-order chi connectivity index (χ1) is 11.9. The molecule has 0 heterocycles. The Kier molecular flexibility index (Phi) is 6.02. The minimum Gasteiger partial charge on any atom is -0.460 e. The highest BCUT2D eigenvalue weighted by atomic mass is 35.5. The van der Waals surface area contributed by atoms with Crippen molar-refractivity contribution in [2.24, 2.45) is 0 Å². The van der Waals surface area contributed by atoms with Gasteiger partial charge in [0, 0.05) is 12.1 Å². The number of esters is 1. The molecule has 25 heavy (non-hydrogen) atoms. The maximum absolute atomic E-state index is 13.4. The number of rotatable bonds is 6. The smallest absolute Gasteiger partial charge is 0.325 e. The lowest BCUT2D eigenvalue weighted by Crippen LogP contribution is -2.30. The number of halogens is 2. The zero-order valence-electron chi connectivity index (χ0n) is 12.7. The van der Waals surface area contributed by atoms with Crippen LogP contribution in [0.2, 0.25) is 5.02 Å². The van der Waals surface area contributed by atoms with Crippen molar-refractivity contribution in [1.82, 2.24) is 5.32 Å². The van der Waals surface area contributed by atoms with Crippen molar-refractivity contribution in [2.75, 3.05) is 6.54 Å². The van der Waals surface area contributed by atoms with Gasteiger partial charge in [-0.2, -0.15) is 4.39 Å². The number of nitro groups is 1. The molecule has 1 N–H and O–H groups in total. The third kappa shape index (κ3) is 4.98. The van der Waals surface area contributed by atoms with Crippen LogP contribution < -0.4 is 5.32 Å². The van der Waals surface area contributed by atoms with Crippen molar-refractivity contribution in [3.05, 3.63) is 74.5 Å². The van der Waals surface area contributed by atoms with E-state index < -0.39 is 34.8 Å². The number of benzene rings is 2. The molecule has 0 fully saturated rings. The monoisotopic (exact) mass is 366 g/mol. The highest BCUT2D eigenvalue weighted by Crippen LogP contribution is 2.25. The summed E-state index contributed by atoms with van der Waals surface area (Å²) >= 11 is 5.72. The Labute approximate surface area is 146 Å². The van der Waals surface area contributed by atoms with Crippen LogP contribution in [0, 0.1) is 15.9 Å². The number of nitro benzene ring substituents is 1. The molecule has 0 spiro atoms. The summed E-state index contributed by atoms with van der Waals surface area (Å²) in [4.78, 5) is 33.3. The fraction of sp³-hybridized carbons (Fsp3) is 0.125. The molecule has 2 aromatic carbocycles. The maximum atomic E-state index is 13.4. The molecular formula is C16H12ClFN2O5. The summed E-state index contributed by atoms with van der Waals surface area (Å²) in [5.74, 6) is -2.72. The van der Waals surface area contributed by atoms with Crippen LogP contribution >= 0.6 is 11.6 Å². The molecule has 9 heteroatoms. The van der Waals surface area contributed by atoms with Crippen LogP contribution in [0.4, 0.5) is 10.1 Å². The molecule has 2 rings (SSSR count). The number of nitrogens with zero attached hydrogens (tertiary/aromatic N) is 1. The number of ether oxygens (including phenoxy) is 1. The van der Waals surface area contributed by atoms with Crippen LogP contribution in [-0.4, -0.2) is 23.3 Å². The molecule has 0 unspecified atom stereocenters. The van der Waals surface area contributed by atoms with Gasteiger partial charge in [0.2, 0.25) is 5.82 Å². The predicted octanol–water partition coefficient (Wildman–Crippen LogP) is 2.86. The summed E-state index contributed by atoms with van der Waals surface area (Å²) in [5, 5.41) is 12.6. The van der Waals surface area contributed by atoms with Crippen molar-refractivity contribution < 1.29 is 23.6 Å². The van der Waals surface area contributed by atoms with Gasteiger partial charge in [0.15, 0.2) is 0 Å². The van der Waals surface area contributed by atoms with Crippen LogP contribution in [0.25, 0.3) is 0 Å². The standard InChI is InChI=1S/C16H12ClFN2O5/c17-12-7-13(18)14(20(23)24)6-11(12)16(22)19-8-15(21)25-9-10-4-2-1-3-5-10/h1-7H,8-9H2,(H,19,22). The third-order valence-corrected chi connectivity index (χ3v) is 3.43. The molecular weight excluding hydrogens is 355 g/mol. The maximum Gasteiger partial charge on any atom is 0.325 e. The van der Waals surface area contributed by atoms with E-state index in [1.807, 2.05) is 6.07 Å². The van der Waals surface area contributed by atoms with Gasteiger partial charge < -0.3 is 10.1 Å². The number of carbonyl (C=O) groups is 2. The Balaban J connectivity index is 1.95. The van der Waals surface area contributed by atoms with Crippen LogP contribution in [0.15, 0.2) is 42.5 Å². The molecule has 0 radical (unpaired) electrons. The third-order valence-electron chi connectivity index (χ3n) is 3.11. The van der Waals surface area contributed by atoms with Gasteiger partial charge in [-0.05, 0) is 5.56 Å². The lowest BCUT2D eigenvalue weighted by molar-refractivity contribution is -0.387. The van der Waals surface area contributed by atoms with Gasteiger partial charge in [0.05, 0.1) is 15.5 Å². The summed E-state index contributed by atoms with van der Waals surface area (Å²) in [5.41, 5.74) is -0.425. The van der Waals surface area contributed by atoms with E-state index in [0.29, 0.717) is 12.1 Å². The van der Waals surface area contributed by atoms with E-state index in [0.717, 1.165) is 5.56 Å². The lowest BCUT2D eigenvalue weighted by Gasteiger charge is -2.08. The summed E-state index contributed by atoms with van der Waals surface area (Å²) < 4.78 is 18.4. The zero-order chi connectivity index (χ0) is 18.4. The largest absolute Gasteiger partial charge is 0.460 e. The van der Waals surface area contributed by atoms with E-state index in [2.05, 4.69) is 5.32 Å². The first-order valence-electron chi connectivity index (χ1n) is 6.99. The van der Waals surface area contributed by atoms with Gasteiger partial charge in [0.25, 0.3) is 5.91 Å². The van der Waals surface area contributed by atoms with Crippen molar-refractivity contribution in [3.8, 4) is 0 Å². The summed E-state index contributed by atoms with van der Waals surface area (Å²) in [6.07, 6.45) is 0. The van der Waals surface area contributed by atoms with Crippen molar-refractivity contribution in [2.45, 2.75) is 6.61 Å². The molecule has 0 atom stereocenters. The molecule has 0 saturated heterocycles. The number of hydrogen-bond acceptors (Lipinski definition) is 5. The van der Waals surface area contributed by atoms with E-state index in [-0.39, 0.29) is 17.2 Å². The Hall–Kier alpha value is -3.00.